The van der Waals surface area contributed by atoms with Crippen LogP contribution in [0.25, 0.3) is 0 Å². The number of thioether (sulfide) groups is 3. The number of primary amides is 1. The topological polar surface area (TPSA) is 421 Å². The van der Waals surface area contributed by atoms with Gasteiger partial charge in [-0.25, -0.2) is 9.79 Å². The zero-order valence-corrected chi connectivity index (χ0v) is 60.2. The number of aliphatic carboxylic acids is 4. The molecule has 6 rings (SSSR count). The van der Waals surface area contributed by atoms with E-state index in [2.05, 4.69) is 31.6 Å². The molecule has 0 radical (unpaired) electrons. The van der Waals surface area contributed by atoms with Gasteiger partial charge in [0.25, 0.3) is 0 Å². The highest BCUT2D eigenvalue weighted by atomic mass is 32.2. The summed E-state index contributed by atoms with van der Waals surface area (Å²) < 4.78 is 0. The Bertz CT molecular complexity index is 3190. The predicted molar refractivity (Wildman–Crippen MR) is 381 cm³/mol. The van der Waals surface area contributed by atoms with Crippen molar-refractivity contribution in [3.8, 4) is 0 Å². The molecule has 7 atom stereocenters. The van der Waals surface area contributed by atoms with Crippen LogP contribution in [0.4, 0.5) is 0 Å². The van der Waals surface area contributed by atoms with Gasteiger partial charge in [-0.1, -0.05) is 69.3 Å². The van der Waals surface area contributed by atoms with Crippen LogP contribution in [-0.2, 0) is 86.0 Å². The molecule has 2 aromatic rings. The van der Waals surface area contributed by atoms with Crippen LogP contribution < -0.4 is 32.3 Å². The third-order valence-corrected chi connectivity index (χ3v) is 20.9. The Morgan fingerprint density at radius 2 is 1.14 bits per heavy atom. The van der Waals surface area contributed by atoms with E-state index in [1.807, 2.05) is 36.9 Å². The lowest BCUT2D eigenvalue weighted by atomic mass is 10.0. The van der Waals surface area contributed by atoms with Crippen molar-refractivity contribution in [1.29, 1.82) is 0 Å². The average Bonchev–Trinajstić information content (AvgIpc) is 1.68. The SMILES string of the molecule is CC[C@@H]1NC(=O)[C@@H]2CCCN2C(=O)[C@@H]2CCCN2C(=O)C(/C=N/C(=O)CCC(C)C)CSCc2cc(CSCCNC(=O)CN3CCN(CC(=O)O)CCN(CC(=O)O)CCN(CC(=O)O)CC3)cc(c2)CSC[C@@H](C(=O)O)NC(=O)[C@H](Cc2ccccc2)NC(=O)[C@H](CCC(N)=O)NC1=O. The molecule has 2 bridgehead atoms. The minimum atomic E-state index is -1.48. The minimum absolute atomic E-state index is 0.0318. The van der Waals surface area contributed by atoms with Gasteiger partial charge in [-0.2, -0.15) is 35.3 Å². The number of carboxylic acids is 4. The van der Waals surface area contributed by atoms with Crippen molar-refractivity contribution in [3.05, 3.63) is 70.8 Å². The lowest BCUT2D eigenvalue weighted by Gasteiger charge is -2.32. The first kappa shape index (κ1) is 82.3. The zero-order chi connectivity index (χ0) is 73.5. The van der Waals surface area contributed by atoms with Gasteiger partial charge in [-0.05, 0) is 73.1 Å². The Hall–Kier alpha value is -7.69. The van der Waals surface area contributed by atoms with E-state index in [0.29, 0.717) is 48.5 Å². The molecule has 4 aliphatic rings. The van der Waals surface area contributed by atoms with Gasteiger partial charge in [0.15, 0.2) is 0 Å². The summed E-state index contributed by atoms with van der Waals surface area (Å²) in [6.45, 7) is 7.18. The fourth-order valence-electron chi connectivity index (χ4n) is 12.2. The van der Waals surface area contributed by atoms with Crippen molar-refractivity contribution in [2.45, 2.75) is 138 Å². The van der Waals surface area contributed by atoms with Gasteiger partial charge in [0.2, 0.25) is 53.2 Å². The summed E-state index contributed by atoms with van der Waals surface area (Å²) in [5.74, 6) is -9.36. The molecule has 11 N–H and O–H groups in total. The second kappa shape index (κ2) is 42.7. The molecule has 0 aliphatic carbocycles. The molecule has 9 amide bonds. The van der Waals surface area contributed by atoms with Crippen molar-refractivity contribution in [2.75, 3.05) is 115 Å². The minimum Gasteiger partial charge on any atom is -0.480 e. The summed E-state index contributed by atoms with van der Waals surface area (Å²) in [5.41, 5.74) is 8.61. The fraction of sp³-hybridized carbons (Fsp3) is 0.618. The molecule has 0 saturated carbocycles. The molecule has 3 saturated heterocycles. The first-order valence-corrected chi connectivity index (χ1v) is 37.8. The van der Waals surface area contributed by atoms with Crippen LogP contribution in [0.3, 0.4) is 0 Å². The molecular weight excluding hydrogens is 1370 g/mol. The Morgan fingerprint density at radius 1 is 0.624 bits per heavy atom. The van der Waals surface area contributed by atoms with Gasteiger partial charge in [0.1, 0.15) is 36.3 Å². The predicted octanol–water partition coefficient (Wildman–Crippen LogP) is 0.565. The summed E-state index contributed by atoms with van der Waals surface area (Å²) in [4.78, 5) is 188. The summed E-state index contributed by atoms with van der Waals surface area (Å²) in [7, 11) is 0. The van der Waals surface area contributed by atoms with Crippen LogP contribution >= 0.6 is 35.3 Å². The zero-order valence-electron chi connectivity index (χ0n) is 57.8. The molecule has 30 nitrogen and oxygen atoms in total. The number of amides is 9. The lowest BCUT2D eigenvalue weighted by Crippen LogP contribution is -2.59. The van der Waals surface area contributed by atoms with Crippen LogP contribution in [0.1, 0.15) is 101 Å². The molecule has 3 fully saturated rings. The Morgan fingerprint density at radius 3 is 1.68 bits per heavy atom. The number of rotatable bonds is 24. The summed E-state index contributed by atoms with van der Waals surface area (Å²) in [6.07, 6.45) is 2.82. The van der Waals surface area contributed by atoms with Gasteiger partial charge < -0.3 is 62.5 Å². The lowest BCUT2D eigenvalue weighted by molar-refractivity contribution is -0.147. The Kier molecular flexibility index (Phi) is 34.8. The number of benzene rings is 2. The number of nitrogens with one attached hydrogen (secondary N) is 5. The summed E-state index contributed by atoms with van der Waals surface area (Å²) >= 11 is 4.15. The van der Waals surface area contributed by atoms with Crippen molar-refractivity contribution in [3.63, 3.8) is 0 Å². The molecule has 0 aromatic heterocycles. The number of nitrogens with two attached hydrogens (primary N) is 1. The summed E-state index contributed by atoms with van der Waals surface area (Å²) in [6, 6.07) is 6.97. The van der Waals surface area contributed by atoms with Crippen LogP contribution in [-0.4, -0.2) is 285 Å². The van der Waals surface area contributed by atoms with Gasteiger partial charge in [-0.3, -0.25) is 77.1 Å². The van der Waals surface area contributed by atoms with Gasteiger partial charge in [0, 0.05) is 132 Å². The van der Waals surface area contributed by atoms with E-state index >= 15 is 0 Å². The molecular formula is C68H99N13O17S3. The number of hydrogen-bond acceptors (Lipinski definition) is 20. The first-order chi connectivity index (χ1) is 48.2. The third kappa shape index (κ3) is 28.9. The van der Waals surface area contributed by atoms with Gasteiger partial charge in [-0.15, -0.1) is 0 Å². The largest absolute Gasteiger partial charge is 0.480 e. The standard InChI is InChI=1S/C68H99N13O17S3/c1-4-50-62(91)73-51(15-16-56(69)82)63(92)74-52(33-45-10-6-5-7-11-45)64(93)75-53(68(97)98)43-101-41-48-31-46(39-99-29-18-70-58(84)35-76-21-23-77(36-59(85)86)25-27-79(38-61(89)90)28-26-78(24-22-76)37-60(87)88)30-47(32-48)40-100-42-49(34-71-57(83)17-14-44(2)3)66(95)81-20-9-13-55(81)67(96)80-19-8-12-54(80)65(94)72-50/h5-7,10-11,30-32,34,44,49-55H,4,8-9,12-29,33,35-43H2,1-3H3,(H2,69,82)(H,70,84)(H,72,94)(H,73,91)(H,74,92)(H,75,93)(H,85,86)(H,87,88)(H,89,90)(H,97,98)/b71-34+/t49?,50-,51-,52-,53-,54-,55-/m0/s1. The maximum Gasteiger partial charge on any atom is 0.327 e. The van der Waals surface area contributed by atoms with E-state index in [9.17, 15) is 82.8 Å². The smallest absolute Gasteiger partial charge is 0.327 e. The van der Waals surface area contributed by atoms with E-state index in [4.69, 9.17) is 5.73 Å². The highest BCUT2D eigenvalue weighted by molar-refractivity contribution is 7.99. The van der Waals surface area contributed by atoms with Gasteiger partial charge >= 0.3 is 23.9 Å². The average molecular weight is 1470 g/mol. The van der Waals surface area contributed by atoms with Crippen LogP contribution in [0, 0.1) is 11.8 Å². The number of nitrogens with zero attached hydrogens (tertiary/aromatic N) is 7. The number of carbonyl (C=O) groups is 13. The molecule has 101 heavy (non-hydrogen) atoms. The Labute approximate surface area is 601 Å². The normalized spacial score (nSPS) is 23.2. The molecule has 556 valence electrons. The number of aliphatic imine (C=N–C) groups is 1. The maximum atomic E-state index is 14.9. The van der Waals surface area contributed by atoms with Crippen molar-refractivity contribution in [1.82, 2.24) is 56.0 Å². The summed E-state index contributed by atoms with van der Waals surface area (Å²) in [5, 5.41) is 53.1. The molecule has 0 spiro atoms. The highest BCUT2D eigenvalue weighted by Gasteiger charge is 2.44. The van der Waals surface area contributed by atoms with E-state index in [-0.39, 0.29) is 166 Å². The van der Waals surface area contributed by atoms with Crippen molar-refractivity contribution in [2.24, 2.45) is 22.6 Å². The van der Waals surface area contributed by atoms with E-state index in [1.54, 1.807) is 52.0 Å². The number of carboxylic acid groups (broad SMARTS) is 4. The quantitative estimate of drug-likeness (QED) is 0.0507. The molecule has 4 heterocycles. The Balaban J connectivity index is 1.26. The highest BCUT2D eigenvalue weighted by Crippen LogP contribution is 2.29. The number of fused-ring (bicyclic) bond motifs is 4. The van der Waals surface area contributed by atoms with Crippen LogP contribution in [0.2, 0.25) is 0 Å². The monoisotopic (exact) mass is 1470 g/mol. The number of carbonyl (C=O) groups excluding carboxylic acids is 9. The molecule has 4 aliphatic heterocycles. The van der Waals surface area contributed by atoms with Gasteiger partial charge in [0.05, 0.1) is 32.1 Å². The van der Waals surface area contributed by atoms with Crippen LogP contribution in [0.5, 0.6) is 0 Å². The second-order valence-electron chi connectivity index (χ2n) is 26.2. The van der Waals surface area contributed by atoms with E-state index < -0.39 is 113 Å². The van der Waals surface area contributed by atoms with E-state index in [1.165, 1.54) is 51.3 Å². The molecule has 33 heteroatoms. The first-order valence-electron chi connectivity index (χ1n) is 34.4. The fourth-order valence-corrected chi connectivity index (χ4v) is 15.0. The van der Waals surface area contributed by atoms with Crippen molar-refractivity contribution >= 4 is 119 Å². The van der Waals surface area contributed by atoms with E-state index in [0.717, 1.165) is 16.7 Å². The number of hydrogen-bond donors (Lipinski definition) is 10. The maximum absolute atomic E-state index is 14.9. The molecule has 1 unspecified atom stereocenters. The third-order valence-electron chi connectivity index (χ3n) is 17.6. The second-order valence-corrected chi connectivity index (χ2v) is 29.3. The van der Waals surface area contributed by atoms with Crippen molar-refractivity contribution < 1.29 is 82.8 Å². The van der Waals surface area contributed by atoms with Crippen LogP contribution in [0.15, 0.2) is 53.5 Å². The molecule has 2 aromatic carbocycles.